The summed E-state index contributed by atoms with van der Waals surface area (Å²) in [6.07, 6.45) is 8.02. The smallest absolute Gasteiger partial charge is 0.408 e. The number of hydrogen-bond acceptors (Lipinski definition) is 6. The van der Waals surface area contributed by atoms with Gasteiger partial charge < -0.3 is 25.6 Å². The number of carbonyl (C=O) groups is 5. The molecule has 4 amide bonds. The van der Waals surface area contributed by atoms with Crippen molar-refractivity contribution in [2.24, 2.45) is 23.2 Å². The Morgan fingerprint density at radius 1 is 1.05 bits per heavy atom. The van der Waals surface area contributed by atoms with Crippen molar-refractivity contribution < 1.29 is 28.7 Å². The number of alkyl carbamates (subject to hydrolysis) is 1. The van der Waals surface area contributed by atoms with Crippen LogP contribution in [-0.4, -0.2) is 71.3 Å². The lowest BCUT2D eigenvalue weighted by Crippen LogP contribution is -2.59. The van der Waals surface area contributed by atoms with Crippen LogP contribution < -0.4 is 16.0 Å². The molecule has 5 atom stereocenters. The maximum Gasteiger partial charge on any atom is 0.408 e. The lowest BCUT2D eigenvalue weighted by Gasteiger charge is -2.36. The van der Waals surface area contributed by atoms with Crippen LogP contribution in [0.5, 0.6) is 0 Å². The molecule has 42 heavy (non-hydrogen) atoms. The average Bonchev–Trinajstić information content (AvgIpc) is 3.40. The van der Waals surface area contributed by atoms with E-state index in [1.54, 1.807) is 25.7 Å². The number of likely N-dealkylation sites (tertiary alicyclic amines) is 1. The number of rotatable bonds is 11. The highest BCUT2D eigenvalue weighted by atomic mass is 16.6. The van der Waals surface area contributed by atoms with Gasteiger partial charge in [-0.2, -0.15) is 0 Å². The maximum absolute atomic E-state index is 14.4. The summed E-state index contributed by atoms with van der Waals surface area (Å²) in [6, 6.07) is -2.59. The zero-order chi connectivity index (χ0) is 31.2. The van der Waals surface area contributed by atoms with Gasteiger partial charge in [0.1, 0.15) is 17.7 Å². The van der Waals surface area contributed by atoms with Crippen molar-refractivity contribution in [3.05, 3.63) is 12.7 Å². The summed E-state index contributed by atoms with van der Waals surface area (Å²) in [7, 11) is 0. The van der Waals surface area contributed by atoms with Gasteiger partial charge in [0.15, 0.2) is 0 Å². The van der Waals surface area contributed by atoms with Crippen LogP contribution in [0.1, 0.15) is 99.3 Å². The van der Waals surface area contributed by atoms with Crippen molar-refractivity contribution in [1.82, 2.24) is 20.9 Å². The Morgan fingerprint density at radius 3 is 2.31 bits per heavy atom. The zero-order valence-electron chi connectivity index (χ0n) is 26.4. The summed E-state index contributed by atoms with van der Waals surface area (Å²) in [6.45, 7) is 15.7. The Kier molecular flexibility index (Phi) is 11.2. The molecule has 1 aliphatic heterocycles. The van der Waals surface area contributed by atoms with Crippen LogP contribution in [0.2, 0.25) is 0 Å². The van der Waals surface area contributed by atoms with Crippen LogP contribution >= 0.6 is 0 Å². The second kappa shape index (κ2) is 14.0. The standard InChI is InChI=1S/C32H52N4O6/c1-8-13-23(26(37)28(39)33-16-9-2)34-27(38)25-22-18-32(6,7)17-21(22)19-36(25)29(40)24(20-14-11-10-12-15-20)35-30(41)42-31(3,4)5/h9,20-25H,2,8,10-19H2,1,3-7H3,(H,33,39)(H,34,38)(H,35,41). The quantitative estimate of drug-likeness (QED) is 0.248. The lowest BCUT2D eigenvalue weighted by molar-refractivity contribution is -0.144. The molecule has 10 heteroatoms. The molecule has 10 nitrogen and oxygen atoms in total. The molecule has 0 aromatic rings. The third-order valence-electron chi connectivity index (χ3n) is 8.83. The number of ether oxygens (including phenoxy) is 1. The van der Waals surface area contributed by atoms with E-state index in [1.165, 1.54) is 6.08 Å². The number of carbonyl (C=O) groups excluding carboxylic acids is 5. The monoisotopic (exact) mass is 588 g/mol. The van der Waals surface area contributed by atoms with E-state index in [1.807, 2.05) is 6.92 Å². The minimum atomic E-state index is -0.994. The number of Topliss-reactive ketones (excluding diaryl/α,β-unsaturated/α-hetero) is 1. The minimum Gasteiger partial charge on any atom is -0.444 e. The van der Waals surface area contributed by atoms with Crippen LogP contribution in [0.4, 0.5) is 4.79 Å². The third-order valence-corrected chi connectivity index (χ3v) is 8.83. The van der Waals surface area contributed by atoms with E-state index in [0.717, 1.165) is 44.9 Å². The van der Waals surface area contributed by atoms with E-state index in [4.69, 9.17) is 4.74 Å². The fraction of sp³-hybridized carbons (Fsp3) is 0.781. The van der Waals surface area contributed by atoms with Gasteiger partial charge >= 0.3 is 6.09 Å². The Balaban J connectivity index is 1.89. The SMILES string of the molecule is C=CCNC(=O)C(=O)C(CCC)NC(=O)C1C2CC(C)(C)CC2CN1C(=O)C(NC(=O)OC(C)(C)C)C1CCCCC1. The van der Waals surface area contributed by atoms with Crippen molar-refractivity contribution in [3.63, 3.8) is 0 Å². The van der Waals surface area contributed by atoms with Crippen LogP contribution in [0.15, 0.2) is 12.7 Å². The second-order valence-electron chi connectivity index (χ2n) is 14.2. The number of fused-ring (bicyclic) bond motifs is 1. The van der Waals surface area contributed by atoms with Gasteiger partial charge in [0.05, 0.1) is 6.04 Å². The molecular formula is C32H52N4O6. The molecule has 5 unspecified atom stereocenters. The molecule has 0 spiro atoms. The minimum absolute atomic E-state index is 0.0176. The highest BCUT2D eigenvalue weighted by molar-refractivity contribution is 6.38. The molecule has 0 radical (unpaired) electrons. The maximum atomic E-state index is 14.4. The van der Waals surface area contributed by atoms with Gasteiger partial charge in [-0.3, -0.25) is 19.2 Å². The van der Waals surface area contributed by atoms with E-state index in [9.17, 15) is 24.0 Å². The lowest BCUT2D eigenvalue weighted by atomic mass is 9.83. The molecule has 1 heterocycles. The first-order valence-corrected chi connectivity index (χ1v) is 15.7. The van der Waals surface area contributed by atoms with E-state index in [-0.39, 0.29) is 35.6 Å². The summed E-state index contributed by atoms with van der Waals surface area (Å²) in [5.74, 6) is -2.18. The van der Waals surface area contributed by atoms with Crippen LogP contribution in [0.3, 0.4) is 0 Å². The van der Waals surface area contributed by atoms with Crippen molar-refractivity contribution in [3.8, 4) is 0 Å². The molecule has 3 rings (SSSR count). The number of nitrogens with one attached hydrogen (secondary N) is 3. The molecule has 0 aromatic heterocycles. The van der Waals surface area contributed by atoms with Crippen molar-refractivity contribution in [2.45, 2.75) is 123 Å². The first-order valence-electron chi connectivity index (χ1n) is 15.7. The molecule has 2 saturated carbocycles. The molecule has 2 aliphatic carbocycles. The van der Waals surface area contributed by atoms with E-state index >= 15 is 0 Å². The molecule has 1 saturated heterocycles. The number of nitrogens with zero attached hydrogens (tertiary/aromatic N) is 1. The highest BCUT2D eigenvalue weighted by Gasteiger charge is 2.55. The Labute approximate surface area is 251 Å². The Bertz CT molecular complexity index is 1030. The van der Waals surface area contributed by atoms with Crippen LogP contribution in [0, 0.1) is 23.2 Å². The first-order chi connectivity index (χ1) is 19.7. The predicted molar refractivity (Wildman–Crippen MR) is 160 cm³/mol. The van der Waals surface area contributed by atoms with Crippen LogP contribution in [-0.2, 0) is 23.9 Å². The van der Waals surface area contributed by atoms with Gasteiger partial charge in [0, 0.05) is 13.1 Å². The predicted octanol–water partition coefficient (Wildman–Crippen LogP) is 3.88. The normalized spacial score (nSPS) is 25.1. The highest BCUT2D eigenvalue weighted by Crippen LogP contribution is 2.51. The van der Waals surface area contributed by atoms with Gasteiger partial charge in [-0.25, -0.2) is 4.79 Å². The van der Waals surface area contributed by atoms with Crippen molar-refractivity contribution >= 4 is 29.6 Å². The summed E-state index contributed by atoms with van der Waals surface area (Å²) in [5.41, 5.74) is -0.703. The molecule has 0 aromatic carbocycles. The topological polar surface area (TPSA) is 134 Å². The molecule has 236 valence electrons. The van der Waals surface area contributed by atoms with E-state index in [0.29, 0.717) is 19.4 Å². The molecule has 3 fully saturated rings. The molecule has 3 aliphatic rings. The molecule has 0 bridgehead atoms. The Hall–Kier alpha value is -2.91. The summed E-state index contributed by atoms with van der Waals surface area (Å²) >= 11 is 0. The summed E-state index contributed by atoms with van der Waals surface area (Å²) in [4.78, 5) is 68.4. The molecular weight excluding hydrogens is 536 g/mol. The van der Waals surface area contributed by atoms with Gasteiger partial charge in [0.25, 0.3) is 5.91 Å². The van der Waals surface area contributed by atoms with Gasteiger partial charge in [0.2, 0.25) is 17.6 Å². The van der Waals surface area contributed by atoms with Crippen molar-refractivity contribution in [1.29, 1.82) is 0 Å². The first kappa shape index (κ1) is 33.6. The van der Waals surface area contributed by atoms with Gasteiger partial charge in [-0.1, -0.05) is 52.5 Å². The number of amides is 4. The molecule has 3 N–H and O–H groups in total. The van der Waals surface area contributed by atoms with Crippen molar-refractivity contribution in [2.75, 3.05) is 13.1 Å². The zero-order valence-corrected chi connectivity index (χ0v) is 26.4. The number of ketones is 1. The largest absolute Gasteiger partial charge is 0.444 e. The third kappa shape index (κ3) is 8.57. The average molecular weight is 589 g/mol. The fourth-order valence-electron chi connectivity index (χ4n) is 7.17. The summed E-state index contributed by atoms with van der Waals surface area (Å²) in [5, 5.41) is 8.23. The summed E-state index contributed by atoms with van der Waals surface area (Å²) < 4.78 is 5.52. The Morgan fingerprint density at radius 2 is 1.71 bits per heavy atom. The van der Waals surface area contributed by atoms with E-state index in [2.05, 4.69) is 36.4 Å². The van der Waals surface area contributed by atoms with Gasteiger partial charge in [-0.15, -0.1) is 6.58 Å². The second-order valence-corrected chi connectivity index (χ2v) is 14.2. The fourth-order valence-corrected chi connectivity index (χ4v) is 7.17. The van der Waals surface area contributed by atoms with Gasteiger partial charge in [-0.05, 0) is 76.0 Å². The van der Waals surface area contributed by atoms with Crippen LogP contribution in [0.25, 0.3) is 0 Å². The number of hydrogen-bond donors (Lipinski definition) is 3. The van der Waals surface area contributed by atoms with E-state index < -0.39 is 47.4 Å².